The predicted molar refractivity (Wildman–Crippen MR) is 71.2 cm³/mol. The van der Waals surface area contributed by atoms with Gasteiger partial charge >= 0.3 is 6.09 Å². The maximum Gasteiger partial charge on any atom is 0.411 e. The number of hydrogen-bond acceptors (Lipinski definition) is 3. The number of benzene rings is 1. The Kier molecular flexibility index (Phi) is 3.85. The number of amides is 1. The molecule has 0 fully saturated rings. The molecule has 1 amide bonds. The number of fused-ring (bicyclic) bond motifs is 1. The van der Waals surface area contributed by atoms with Crippen LogP contribution >= 0.6 is 15.9 Å². The molecule has 0 unspecified atom stereocenters. The van der Waals surface area contributed by atoms with Crippen molar-refractivity contribution in [3.63, 3.8) is 0 Å². The lowest BCUT2D eigenvalue weighted by atomic mass is 10.2. The fourth-order valence-corrected chi connectivity index (χ4v) is 2.46. The van der Waals surface area contributed by atoms with Gasteiger partial charge in [-0.15, -0.1) is 0 Å². The number of anilines is 1. The summed E-state index contributed by atoms with van der Waals surface area (Å²) in [5.41, 5.74) is 3.35. The van der Waals surface area contributed by atoms with Crippen LogP contribution < -0.4 is 10.4 Å². The number of hydroxylamine groups is 1. The molecule has 1 heterocycles. The highest BCUT2D eigenvalue weighted by atomic mass is 79.9. The average molecular weight is 314 g/mol. The third-order valence-corrected chi connectivity index (χ3v) is 3.16. The minimum Gasteiger partial charge on any atom is -0.465 e. The van der Waals surface area contributed by atoms with Gasteiger partial charge in [0.25, 0.3) is 0 Å². The SMILES string of the molecule is O=C(O)N(CCNO)c1c(Br)[nH]c2ccccc12. The zero-order chi connectivity index (χ0) is 13.1. The van der Waals surface area contributed by atoms with E-state index in [0.29, 0.717) is 10.3 Å². The van der Waals surface area contributed by atoms with Crippen LogP contribution in [0.5, 0.6) is 0 Å². The van der Waals surface area contributed by atoms with E-state index in [1.165, 1.54) is 4.90 Å². The number of nitrogens with zero attached hydrogens (tertiary/aromatic N) is 1. The Hall–Kier alpha value is -1.57. The van der Waals surface area contributed by atoms with Crippen molar-refractivity contribution in [2.24, 2.45) is 0 Å². The molecule has 1 aromatic heterocycles. The van der Waals surface area contributed by atoms with Crippen molar-refractivity contribution in [1.82, 2.24) is 10.5 Å². The van der Waals surface area contributed by atoms with E-state index < -0.39 is 6.09 Å². The number of halogens is 1. The maximum atomic E-state index is 11.3. The van der Waals surface area contributed by atoms with Crippen molar-refractivity contribution in [1.29, 1.82) is 0 Å². The second-order valence-electron chi connectivity index (χ2n) is 3.68. The van der Waals surface area contributed by atoms with E-state index in [2.05, 4.69) is 20.9 Å². The molecule has 1 aromatic carbocycles. The molecule has 0 atom stereocenters. The first-order chi connectivity index (χ1) is 8.65. The van der Waals surface area contributed by atoms with E-state index in [-0.39, 0.29) is 13.1 Å². The van der Waals surface area contributed by atoms with Crippen LogP contribution in [0.2, 0.25) is 0 Å². The van der Waals surface area contributed by atoms with Crippen LogP contribution in [0.4, 0.5) is 10.5 Å². The number of hydrogen-bond donors (Lipinski definition) is 4. The van der Waals surface area contributed by atoms with E-state index in [1.54, 1.807) is 0 Å². The molecule has 0 aliphatic heterocycles. The van der Waals surface area contributed by atoms with Crippen LogP contribution in [0.25, 0.3) is 10.9 Å². The van der Waals surface area contributed by atoms with Crippen molar-refractivity contribution in [3.05, 3.63) is 28.9 Å². The Labute approximate surface area is 111 Å². The Bertz CT molecular complexity index is 570. The molecule has 0 bridgehead atoms. The lowest BCUT2D eigenvalue weighted by Crippen LogP contribution is -2.35. The topological polar surface area (TPSA) is 88.6 Å². The van der Waals surface area contributed by atoms with E-state index in [1.807, 2.05) is 29.7 Å². The van der Waals surface area contributed by atoms with Crippen LogP contribution in [0, 0.1) is 0 Å². The lowest BCUT2D eigenvalue weighted by molar-refractivity contribution is 0.167. The van der Waals surface area contributed by atoms with Gasteiger partial charge in [0, 0.05) is 24.0 Å². The first kappa shape index (κ1) is 12.9. The molecule has 0 saturated heterocycles. The number of rotatable bonds is 4. The number of aromatic amines is 1. The highest BCUT2D eigenvalue weighted by Crippen LogP contribution is 2.34. The molecular formula is C11H12BrN3O3. The summed E-state index contributed by atoms with van der Waals surface area (Å²) in [6.07, 6.45) is -1.07. The predicted octanol–water partition coefficient (Wildman–Crippen LogP) is 2.39. The van der Waals surface area contributed by atoms with Gasteiger partial charge in [-0.25, -0.2) is 10.3 Å². The second-order valence-corrected chi connectivity index (χ2v) is 4.47. The van der Waals surface area contributed by atoms with E-state index >= 15 is 0 Å². The first-order valence-electron chi connectivity index (χ1n) is 5.28. The van der Waals surface area contributed by atoms with Crippen LogP contribution in [0.3, 0.4) is 0 Å². The zero-order valence-electron chi connectivity index (χ0n) is 9.35. The van der Waals surface area contributed by atoms with Crippen LogP contribution in [0.1, 0.15) is 0 Å². The third kappa shape index (κ3) is 2.33. The third-order valence-electron chi connectivity index (χ3n) is 2.58. The van der Waals surface area contributed by atoms with E-state index in [0.717, 1.165) is 10.9 Å². The Balaban J connectivity index is 2.49. The number of carbonyl (C=O) groups is 1. The van der Waals surface area contributed by atoms with Crippen molar-refractivity contribution < 1.29 is 15.1 Å². The lowest BCUT2D eigenvalue weighted by Gasteiger charge is -2.18. The Morgan fingerprint density at radius 2 is 2.17 bits per heavy atom. The Morgan fingerprint density at radius 1 is 1.44 bits per heavy atom. The first-order valence-corrected chi connectivity index (χ1v) is 6.08. The molecule has 0 aliphatic rings. The molecule has 2 rings (SSSR count). The minimum atomic E-state index is -1.07. The molecule has 96 valence electrons. The van der Waals surface area contributed by atoms with E-state index in [4.69, 9.17) is 5.21 Å². The minimum absolute atomic E-state index is 0.145. The molecule has 0 aliphatic carbocycles. The van der Waals surface area contributed by atoms with E-state index in [9.17, 15) is 9.90 Å². The number of aromatic nitrogens is 1. The van der Waals surface area contributed by atoms with Crippen LogP contribution in [0.15, 0.2) is 28.9 Å². The molecule has 6 nitrogen and oxygen atoms in total. The van der Waals surface area contributed by atoms with Crippen molar-refractivity contribution in [2.75, 3.05) is 18.0 Å². The molecule has 0 radical (unpaired) electrons. The summed E-state index contributed by atoms with van der Waals surface area (Å²) < 4.78 is 0.601. The highest BCUT2D eigenvalue weighted by Gasteiger charge is 2.21. The van der Waals surface area contributed by atoms with Gasteiger partial charge in [-0.3, -0.25) is 4.90 Å². The Morgan fingerprint density at radius 3 is 2.83 bits per heavy atom. The quantitative estimate of drug-likeness (QED) is 0.653. The largest absolute Gasteiger partial charge is 0.465 e. The molecule has 2 aromatic rings. The highest BCUT2D eigenvalue weighted by molar-refractivity contribution is 9.10. The smallest absolute Gasteiger partial charge is 0.411 e. The average Bonchev–Trinajstić information content (AvgIpc) is 2.66. The van der Waals surface area contributed by atoms with Gasteiger partial charge in [0.1, 0.15) is 4.60 Å². The monoisotopic (exact) mass is 313 g/mol. The molecule has 0 spiro atoms. The van der Waals surface area contributed by atoms with Gasteiger partial charge in [0.05, 0.1) is 5.69 Å². The van der Waals surface area contributed by atoms with Gasteiger partial charge in [-0.1, -0.05) is 18.2 Å². The van der Waals surface area contributed by atoms with Gasteiger partial charge in [0.15, 0.2) is 0 Å². The number of nitrogens with one attached hydrogen (secondary N) is 2. The summed E-state index contributed by atoms with van der Waals surface area (Å²) in [5, 5.41) is 18.6. The molecule has 0 saturated carbocycles. The molecular weight excluding hydrogens is 302 g/mol. The van der Waals surface area contributed by atoms with Crippen molar-refractivity contribution in [2.45, 2.75) is 0 Å². The van der Waals surface area contributed by atoms with Crippen molar-refractivity contribution in [3.8, 4) is 0 Å². The number of carboxylic acid groups (broad SMARTS) is 1. The summed E-state index contributed by atoms with van der Waals surface area (Å²) in [4.78, 5) is 15.5. The van der Waals surface area contributed by atoms with Crippen LogP contribution in [-0.4, -0.2) is 34.5 Å². The van der Waals surface area contributed by atoms with Crippen molar-refractivity contribution >= 4 is 38.6 Å². The fraction of sp³-hybridized carbons (Fsp3) is 0.182. The molecule has 4 N–H and O–H groups in total. The number of para-hydroxylation sites is 1. The standard InChI is InChI=1S/C11H12BrN3O3/c12-10-9(15(11(16)17)6-5-13-18)7-3-1-2-4-8(7)14-10/h1-4,13-14,18H,5-6H2,(H,16,17). The summed E-state index contributed by atoms with van der Waals surface area (Å²) in [6, 6.07) is 7.42. The fourth-order valence-electron chi connectivity index (χ4n) is 1.82. The summed E-state index contributed by atoms with van der Waals surface area (Å²) in [5.74, 6) is 0. The summed E-state index contributed by atoms with van der Waals surface area (Å²) in [6.45, 7) is 0.296. The van der Waals surface area contributed by atoms with Gasteiger partial charge in [0.2, 0.25) is 0 Å². The van der Waals surface area contributed by atoms with Gasteiger partial charge in [-0.05, 0) is 22.0 Å². The van der Waals surface area contributed by atoms with Gasteiger partial charge in [-0.2, -0.15) is 0 Å². The zero-order valence-corrected chi connectivity index (χ0v) is 10.9. The summed E-state index contributed by atoms with van der Waals surface area (Å²) in [7, 11) is 0. The molecule has 7 heteroatoms. The molecule has 18 heavy (non-hydrogen) atoms. The normalized spacial score (nSPS) is 10.8. The van der Waals surface area contributed by atoms with Gasteiger partial charge < -0.3 is 15.3 Å². The summed E-state index contributed by atoms with van der Waals surface area (Å²) >= 11 is 3.33. The van der Waals surface area contributed by atoms with Crippen LogP contribution in [-0.2, 0) is 0 Å². The second kappa shape index (κ2) is 5.38. The number of H-pyrrole nitrogens is 1. The maximum absolute atomic E-state index is 11.3.